The summed E-state index contributed by atoms with van der Waals surface area (Å²) < 4.78 is 0. The van der Waals surface area contributed by atoms with E-state index in [0.29, 0.717) is 6.42 Å². The van der Waals surface area contributed by atoms with Crippen molar-refractivity contribution in [2.24, 2.45) is 0 Å². The minimum absolute atomic E-state index is 0.146. The average Bonchev–Trinajstić information content (AvgIpc) is 2.19. The largest absolute Gasteiger partial charge is 0.384 e. The van der Waals surface area contributed by atoms with Crippen LogP contribution in [0.2, 0.25) is 0 Å². The zero-order valence-corrected chi connectivity index (χ0v) is 7.70. The van der Waals surface area contributed by atoms with Gasteiger partial charge >= 0.3 is 0 Å². The lowest BCUT2D eigenvalue weighted by molar-refractivity contribution is 0.0373. The summed E-state index contributed by atoms with van der Waals surface area (Å²) >= 11 is 0. The minimum atomic E-state index is -0.976. The monoisotopic (exact) mass is 175 g/mol. The number of hydrogen-bond acceptors (Lipinski definition) is 2. The zero-order valence-electron chi connectivity index (χ0n) is 7.70. The number of rotatable bonds is 3. The molecule has 0 saturated heterocycles. The van der Waals surface area contributed by atoms with E-state index in [1.807, 2.05) is 43.3 Å². The van der Waals surface area contributed by atoms with Gasteiger partial charge in [0, 0.05) is 0 Å². The molecule has 0 aliphatic rings. The van der Waals surface area contributed by atoms with Crippen LogP contribution in [0.15, 0.2) is 30.3 Å². The molecule has 0 aromatic heterocycles. The standard InChI is InChI=1S/C11H13NO/c1-2-11(13,8-9-12)10-6-4-3-5-7-10/h3-7,13H,2,8H2,1H3. The molecule has 0 radical (unpaired) electrons. The number of nitriles is 1. The van der Waals surface area contributed by atoms with E-state index in [1.54, 1.807) is 0 Å². The molecule has 1 atom stereocenters. The van der Waals surface area contributed by atoms with Crippen molar-refractivity contribution in [2.45, 2.75) is 25.4 Å². The van der Waals surface area contributed by atoms with Gasteiger partial charge < -0.3 is 5.11 Å². The van der Waals surface area contributed by atoms with Gasteiger partial charge in [-0.15, -0.1) is 0 Å². The lowest BCUT2D eigenvalue weighted by Crippen LogP contribution is -2.23. The molecule has 0 heterocycles. The summed E-state index contributed by atoms with van der Waals surface area (Å²) in [5.41, 5.74) is -0.158. The second kappa shape index (κ2) is 4.06. The lowest BCUT2D eigenvalue weighted by atomic mass is 9.89. The van der Waals surface area contributed by atoms with E-state index in [1.165, 1.54) is 0 Å². The van der Waals surface area contributed by atoms with Crippen molar-refractivity contribution in [3.8, 4) is 6.07 Å². The van der Waals surface area contributed by atoms with Crippen LogP contribution in [0.3, 0.4) is 0 Å². The van der Waals surface area contributed by atoms with E-state index >= 15 is 0 Å². The fourth-order valence-corrected chi connectivity index (χ4v) is 1.31. The molecule has 1 aromatic carbocycles. The number of aliphatic hydroxyl groups is 1. The van der Waals surface area contributed by atoms with E-state index in [0.717, 1.165) is 5.56 Å². The molecule has 1 rings (SSSR count). The van der Waals surface area contributed by atoms with Gasteiger partial charge in [0.25, 0.3) is 0 Å². The average molecular weight is 175 g/mol. The highest BCUT2D eigenvalue weighted by molar-refractivity contribution is 5.23. The quantitative estimate of drug-likeness (QED) is 0.765. The predicted octanol–water partition coefficient (Wildman–Crippen LogP) is 2.20. The van der Waals surface area contributed by atoms with E-state index in [2.05, 4.69) is 0 Å². The van der Waals surface area contributed by atoms with Gasteiger partial charge in [-0.1, -0.05) is 37.3 Å². The Bertz CT molecular complexity index is 302. The van der Waals surface area contributed by atoms with Gasteiger partial charge in [0.05, 0.1) is 12.5 Å². The molecule has 0 aliphatic carbocycles. The number of nitrogens with zero attached hydrogens (tertiary/aromatic N) is 1. The van der Waals surface area contributed by atoms with Crippen LogP contribution in [-0.4, -0.2) is 5.11 Å². The smallest absolute Gasteiger partial charge is 0.102 e. The highest BCUT2D eigenvalue weighted by atomic mass is 16.3. The first-order chi connectivity index (χ1) is 6.23. The van der Waals surface area contributed by atoms with Gasteiger partial charge in [0.2, 0.25) is 0 Å². The fourth-order valence-electron chi connectivity index (χ4n) is 1.31. The molecular formula is C11H13NO. The summed E-state index contributed by atoms with van der Waals surface area (Å²) in [6.45, 7) is 1.88. The number of benzene rings is 1. The van der Waals surface area contributed by atoms with E-state index in [-0.39, 0.29) is 6.42 Å². The van der Waals surface area contributed by atoms with Gasteiger partial charge in [0.1, 0.15) is 5.60 Å². The lowest BCUT2D eigenvalue weighted by Gasteiger charge is -2.24. The summed E-state index contributed by atoms with van der Waals surface area (Å²) in [6.07, 6.45) is 0.706. The second-order valence-corrected chi connectivity index (χ2v) is 3.09. The summed E-state index contributed by atoms with van der Waals surface area (Å²) in [5.74, 6) is 0. The highest BCUT2D eigenvalue weighted by Crippen LogP contribution is 2.27. The van der Waals surface area contributed by atoms with Gasteiger partial charge in [-0.25, -0.2) is 0 Å². The third kappa shape index (κ3) is 2.07. The van der Waals surface area contributed by atoms with Gasteiger partial charge in [0.15, 0.2) is 0 Å². The Balaban J connectivity index is 2.97. The molecule has 1 aromatic rings. The van der Waals surface area contributed by atoms with Crippen molar-refractivity contribution in [3.05, 3.63) is 35.9 Å². The van der Waals surface area contributed by atoms with Crippen LogP contribution >= 0.6 is 0 Å². The summed E-state index contributed by atoms with van der Waals surface area (Å²) in [6, 6.07) is 11.3. The minimum Gasteiger partial charge on any atom is -0.384 e. The molecule has 0 aliphatic heterocycles. The molecule has 0 amide bonds. The molecule has 0 bridgehead atoms. The van der Waals surface area contributed by atoms with Crippen LogP contribution in [0.4, 0.5) is 0 Å². The number of hydrogen-bond donors (Lipinski definition) is 1. The van der Waals surface area contributed by atoms with Crippen molar-refractivity contribution in [3.63, 3.8) is 0 Å². The third-order valence-electron chi connectivity index (χ3n) is 2.27. The Morgan fingerprint density at radius 1 is 1.38 bits per heavy atom. The van der Waals surface area contributed by atoms with E-state index < -0.39 is 5.60 Å². The third-order valence-corrected chi connectivity index (χ3v) is 2.27. The van der Waals surface area contributed by atoms with Crippen LogP contribution in [0.1, 0.15) is 25.3 Å². The first kappa shape index (κ1) is 9.76. The summed E-state index contributed by atoms with van der Waals surface area (Å²) in [4.78, 5) is 0. The second-order valence-electron chi connectivity index (χ2n) is 3.09. The van der Waals surface area contributed by atoms with Crippen LogP contribution < -0.4 is 0 Å². The maximum absolute atomic E-state index is 10.1. The van der Waals surface area contributed by atoms with Crippen molar-refractivity contribution in [1.82, 2.24) is 0 Å². The van der Waals surface area contributed by atoms with E-state index in [4.69, 9.17) is 5.26 Å². The maximum Gasteiger partial charge on any atom is 0.102 e. The topological polar surface area (TPSA) is 44.0 Å². The molecule has 2 nitrogen and oxygen atoms in total. The Hall–Kier alpha value is -1.33. The van der Waals surface area contributed by atoms with E-state index in [9.17, 15) is 5.11 Å². The molecule has 0 saturated carbocycles. The van der Waals surface area contributed by atoms with Crippen LogP contribution in [0.5, 0.6) is 0 Å². The van der Waals surface area contributed by atoms with Gasteiger partial charge in [-0.2, -0.15) is 5.26 Å². The first-order valence-corrected chi connectivity index (χ1v) is 4.38. The zero-order chi connectivity index (χ0) is 9.73. The van der Waals surface area contributed by atoms with Crippen molar-refractivity contribution < 1.29 is 5.11 Å². The van der Waals surface area contributed by atoms with Crippen molar-refractivity contribution >= 4 is 0 Å². The fraction of sp³-hybridized carbons (Fsp3) is 0.364. The van der Waals surface area contributed by atoms with Crippen LogP contribution in [0.25, 0.3) is 0 Å². The first-order valence-electron chi connectivity index (χ1n) is 4.38. The van der Waals surface area contributed by atoms with Crippen molar-refractivity contribution in [1.29, 1.82) is 5.26 Å². The molecule has 1 N–H and O–H groups in total. The summed E-state index contributed by atoms with van der Waals surface area (Å²) in [7, 11) is 0. The normalized spacial score (nSPS) is 14.5. The molecule has 1 unspecified atom stereocenters. The Kier molecular flexibility index (Phi) is 3.05. The van der Waals surface area contributed by atoms with Gasteiger partial charge in [-0.05, 0) is 12.0 Å². The molecule has 68 valence electrons. The summed E-state index contributed by atoms with van der Waals surface area (Å²) in [5, 5.41) is 18.7. The Morgan fingerprint density at radius 2 is 2.00 bits per heavy atom. The molecule has 2 heteroatoms. The predicted molar refractivity (Wildman–Crippen MR) is 50.9 cm³/mol. The molecule has 13 heavy (non-hydrogen) atoms. The van der Waals surface area contributed by atoms with Crippen molar-refractivity contribution in [2.75, 3.05) is 0 Å². The SMILES string of the molecule is CCC(O)(CC#N)c1ccccc1. The Morgan fingerprint density at radius 3 is 2.46 bits per heavy atom. The maximum atomic E-state index is 10.1. The molecule has 0 spiro atoms. The molecular weight excluding hydrogens is 162 g/mol. The van der Waals surface area contributed by atoms with Gasteiger partial charge in [-0.3, -0.25) is 0 Å². The highest BCUT2D eigenvalue weighted by Gasteiger charge is 2.26. The van der Waals surface area contributed by atoms with Crippen LogP contribution in [0, 0.1) is 11.3 Å². The molecule has 0 fully saturated rings. The van der Waals surface area contributed by atoms with Crippen LogP contribution in [-0.2, 0) is 5.60 Å². The Labute approximate surface area is 78.4 Å².